The molecule has 82 valence electrons. The van der Waals surface area contributed by atoms with Crippen LogP contribution >= 0.6 is 12.4 Å². The zero-order chi connectivity index (χ0) is 10.3. The van der Waals surface area contributed by atoms with Crippen molar-refractivity contribution in [2.75, 3.05) is 5.32 Å². The summed E-state index contributed by atoms with van der Waals surface area (Å²) in [5.41, 5.74) is 5.35. The molecule has 1 aromatic carbocycles. The first-order valence-corrected chi connectivity index (χ1v) is 5.07. The molecule has 15 heavy (non-hydrogen) atoms. The van der Waals surface area contributed by atoms with Gasteiger partial charge in [0.05, 0.1) is 5.54 Å². The Morgan fingerprint density at radius 2 is 1.80 bits per heavy atom. The van der Waals surface area contributed by atoms with Gasteiger partial charge < -0.3 is 5.32 Å². The minimum Gasteiger partial charge on any atom is -0.376 e. The SMILES string of the molecule is CC1=CC(C)(C)Nc2ccc(C)cc21.Cl. The Labute approximate surface area is 98.0 Å². The third-order valence-corrected chi connectivity index (χ3v) is 2.63. The first-order chi connectivity index (χ1) is 6.48. The molecule has 0 unspecified atom stereocenters. The van der Waals surface area contributed by atoms with Crippen LogP contribution in [0, 0.1) is 6.92 Å². The summed E-state index contributed by atoms with van der Waals surface area (Å²) in [6.07, 6.45) is 2.29. The van der Waals surface area contributed by atoms with Crippen molar-refractivity contribution < 1.29 is 0 Å². The fraction of sp³-hybridized carbons (Fsp3) is 0.385. The van der Waals surface area contributed by atoms with Gasteiger partial charge in [0, 0.05) is 11.3 Å². The minimum atomic E-state index is 0. The fourth-order valence-electron chi connectivity index (χ4n) is 2.10. The van der Waals surface area contributed by atoms with Gasteiger partial charge in [0.2, 0.25) is 0 Å². The van der Waals surface area contributed by atoms with E-state index in [4.69, 9.17) is 0 Å². The standard InChI is InChI=1S/C13H17N.ClH/c1-9-5-6-12-11(7-9)10(2)8-13(3,4)14-12;/h5-8,14H,1-4H3;1H. The molecule has 0 fully saturated rings. The number of hydrogen-bond donors (Lipinski definition) is 1. The summed E-state index contributed by atoms with van der Waals surface area (Å²) in [5, 5.41) is 3.52. The molecule has 0 aromatic heterocycles. The summed E-state index contributed by atoms with van der Waals surface area (Å²) in [7, 11) is 0. The average Bonchev–Trinajstić information content (AvgIpc) is 2.05. The lowest BCUT2D eigenvalue weighted by atomic mass is 9.90. The van der Waals surface area contributed by atoms with Gasteiger partial charge in [-0.2, -0.15) is 0 Å². The molecule has 1 aliphatic rings. The lowest BCUT2D eigenvalue weighted by Gasteiger charge is -2.31. The van der Waals surface area contributed by atoms with Crippen LogP contribution in [-0.4, -0.2) is 5.54 Å². The molecule has 2 heteroatoms. The van der Waals surface area contributed by atoms with E-state index in [0.717, 1.165) is 0 Å². The molecule has 1 heterocycles. The van der Waals surface area contributed by atoms with Crippen LogP contribution in [0.25, 0.3) is 5.57 Å². The Kier molecular flexibility index (Phi) is 3.15. The second-order valence-electron chi connectivity index (χ2n) is 4.72. The maximum absolute atomic E-state index is 3.52. The summed E-state index contributed by atoms with van der Waals surface area (Å²) >= 11 is 0. The molecule has 0 radical (unpaired) electrons. The van der Waals surface area contributed by atoms with E-state index >= 15 is 0 Å². The molecule has 0 aliphatic carbocycles. The van der Waals surface area contributed by atoms with E-state index in [2.05, 4.69) is 57.3 Å². The van der Waals surface area contributed by atoms with Crippen molar-refractivity contribution in [3.05, 3.63) is 35.4 Å². The van der Waals surface area contributed by atoms with Gasteiger partial charge in [-0.15, -0.1) is 12.4 Å². The van der Waals surface area contributed by atoms with Gasteiger partial charge in [-0.25, -0.2) is 0 Å². The number of halogens is 1. The summed E-state index contributed by atoms with van der Waals surface area (Å²) in [6.45, 7) is 8.70. The maximum Gasteiger partial charge on any atom is 0.0505 e. The first-order valence-electron chi connectivity index (χ1n) is 5.07. The average molecular weight is 224 g/mol. The van der Waals surface area contributed by atoms with Crippen LogP contribution in [0.15, 0.2) is 24.3 Å². The highest BCUT2D eigenvalue weighted by molar-refractivity contribution is 5.85. The molecule has 0 bridgehead atoms. The molecule has 2 rings (SSSR count). The van der Waals surface area contributed by atoms with Crippen molar-refractivity contribution >= 4 is 23.7 Å². The second-order valence-corrected chi connectivity index (χ2v) is 4.72. The van der Waals surface area contributed by atoms with Gasteiger partial charge in [0.15, 0.2) is 0 Å². The minimum absolute atomic E-state index is 0. The van der Waals surface area contributed by atoms with E-state index in [9.17, 15) is 0 Å². The number of anilines is 1. The van der Waals surface area contributed by atoms with Gasteiger partial charge in [-0.05, 0) is 45.4 Å². The second kappa shape index (κ2) is 3.90. The molecular formula is C13H18ClN. The van der Waals surface area contributed by atoms with E-state index in [-0.39, 0.29) is 17.9 Å². The predicted molar refractivity (Wildman–Crippen MR) is 69.8 cm³/mol. The number of hydrogen-bond acceptors (Lipinski definition) is 1. The Hall–Kier alpha value is -0.950. The van der Waals surface area contributed by atoms with E-state index in [1.54, 1.807) is 0 Å². The van der Waals surface area contributed by atoms with Gasteiger partial charge in [-0.3, -0.25) is 0 Å². The fourth-order valence-corrected chi connectivity index (χ4v) is 2.10. The molecule has 1 nitrogen and oxygen atoms in total. The number of fused-ring (bicyclic) bond motifs is 1. The van der Waals surface area contributed by atoms with Crippen LogP contribution in [0.2, 0.25) is 0 Å². The van der Waals surface area contributed by atoms with E-state index in [1.807, 2.05) is 0 Å². The van der Waals surface area contributed by atoms with Crippen LogP contribution in [-0.2, 0) is 0 Å². The molecule has 0 saturated carbocycles. The summed E-state index contributed by atoms with van der Waals surface area (Å²) in [6, 6.07) is 6.56. The first kappa shape index (κ1) is 12.1. The quantitative estimate of drug-likeness (QED) is 0.701. The van der Waals surface area contributed by atoms with Crippen LogP contribution in [0.1, 0.15) is 31.9 Å². The summed E-state index contributed by atoms with van der Waals surface area (Å²) < 4.78 is 0. The lowest BCUT2D eigenvalue weighted by Crippen LogP contribution is -2.31. The van der Waals surface area contributed by atoms with Crippen molar-refractivity contribution in [2.24, 2.45) is 0 Å². The lowest BCUT2D eigenvalue weighted by molar-refractivity contribution is 0.707. The molecule has 1 aliphatic heterocycles. The normalized spacial score (nSPS) is 16.9. The number of nitrogens with one attached hydrogen (secondary N) is 1. The third-order valence-electron chi connectivity index (χ3n) is 2.63. The van der Waals surface area contributed by atoms with Crippen LogP contribution in [0.5, 0.6) is 0 Å². The number of aryl methyl sites for hydroxylation is 1. The highest BCUT2D eigenvalue weighted by Gasteiger charge is 2.21. The third kappa shape index (κ3) is 2.35. The predicted octanol–water partition coefficient (Wildman–Crippen LogP) is 4.02. The Balaban J connectivity index is 0.00000112. The van der Waals surface area contributed by atoms with Crippen molar-refractivity contribution in [2.45, 2.75) is 33.2 Å². The van der Waals surface area contributed by atoms with Gasteiger partial charge >= 0.3 is 0 Å². The number of rotatable bonds is 0. The summed E-state index contributed by atoms with van der Waals surface area (Å²) in [5.74, 6) is 0. The van der Waals surface area contributed by atoms with E-state index in [0.29, 0.717) is 0 Å². The maximum atomic E-state index is 3.52. The Morgan fingerprint density at radius 1 is 1.13 bits per heavy atom. The topological polar surface area (TPSA) is 12.0 Å². The molecule has 0 saturated heterocycles. The molecule has 0 spiro atoms. The highest BCUT2D eigenvalue weighted by Crippen LogP contribution is 2.33. The van der Waals surface area contributed by atoms with Crippen LogP contribution < -0.4 is 5.32 Å². The van der Waals surface area contributed by atoms with Crippen molar-refractivity contribution in [3.8, 4) is 0 Å². The zero-order valence-corrected chi connectivity index (χ0v) is 10.5. The van der Waals surface area contributed by atoms with Crippen LogP contribution in [0.4, 0.5) is 5.69 Å². The monoisotopic (exact) mass is 223 g/mol. The van der Waals surface area contributed by atoms with E-state index in [1.165, 1.54) is 22.4 Å². The van der Waals surface area contributed by atoms with E-state index < -0.39 is 0 Å². The van der Waals surface area contributed by atoms with Crippen LogP contribution in [0.3, 0.4) is 0 Å². The smallest absolute Gasteiger partial charge is 0.0505 e. The molecule has 0 amide bonds. The summed E-state index contributed by atoms with van der Waals surface area (Å²) in [4.78, 5) is 0. The zero-order valence-electron chi connectivity index (χ0n) is 9.72. The Morgan fingerprint density at radius 3 is 2.47 bits per heavy atom. The molecule has 1 aromatic rings. The highest BCUT2D eigenvalue weighted by atomic mass is 35.5. The van der Waals surface area contributed by atoms with Gasteiger partial charge in [0.1, 0.15) is 0 Å². The van der Waals surface area contributed by atoms with Crippen molar-refractivity contribution in [1.82, 2.24) is 0 Å². The molecular weight excluding hydrogens is 206 g/mol. The van der Waals surface area contributed by atoms with Crippen molar-refractivity contribution in [1.29, 1.82) is 0 Å². The number of allylic oxidation sites excluding steroid dienone is 1. The Bertz CT molecular complexity index is 405. The molecule has 0 atom stereocenters. The van der Waals surface area contributed by atoms with Gasteiger partial charge in [-0.1, -0.05) is 17.7 Å². The van der Waals surface area contributed by atoms with Crippen molar-refractivity contribution in [3.63, 3.8) is 0 Å². The largest absolute Gasteiger partial charge is 0.376 e. The molecule has 1 N–H and O–H groups in total. The van der Waals surface area contributed by atoms with Gasteiger partial charge in [0.25, 0.3) is 0 Å². The number of benzene rings is 1.